The lowest BCUT2D eigenvalue weighted by molar-refractivity contribution is 1.16. The topological polar surface area (TPSA) is 41.0 Å². The maximum Gasteiger partial charge on any atom is 0.154 e. The molecule has 3 nitrogen and oxygen atoms in total. The highest BCUT2D eigenvalue weighted by molar-refractivity contribution is 5.87. The summed E-state index contributed by atoms with van der Waals surface area (Å²) >= 11 is 0. The summed E-state index contributed by atoms with van der Waals surface area (Å²) in [6.07, 6.45) is 0. The van der Waals surface area contributed by atoms with E-state index in [0.29, 0.717) is 5.82 Å². The van der Waals surface area contributed by atoms with Gasteiger partial charge in [0.15, 0.2) is 5.82 Å². The molecule has 1 N–H and O–H groups in total. The zero-order valence-corrected chi connectivity index (χ0v) is 23.5. The fourth-order valence-corrected chi connectivity index (χ4v) is 6.11. The Labute approximate surface area is 229 Å². The van der Waals surface area contributed by atoms with Crippen LogP contribution in [-0.4, -0.2) is 9.97 Å². The minimum absolute atomic E-state index is 0.691. The summed E-state index contributed by atoms with van der Waals surface area (Å²) in [4.78, 5) is 13.1. The van der Waals surface area contributed by atoms with Gasteiger partial charge in [0.2, 0.25) is 0 Å². The number of H-pyrrole nitrogens is 1. The van der Waals surface area contributed by atoms with Gasteiger partial charge in [-0.1, -0.05) is 47.5 Å². The smallest absolute Gasteiger partial charge is 0.154 e. The van der Waals surface area contributed by atoms with Crippen LogP contribution >= 0.6 is 0 Å². The van der Waals surface area contributed by atoms with Gasteiger partial charge in [-0.25, -0.2) is 9.98 Å². The minimum Gasteiger partial charge on any atom is -0.340 e. The van der Waals surface area contributed by atoms with Crippen molar-refractivity contribution < 1.29 is 0 Å². The molecule has 192 valence electrons. The van der Waals surface area contributed by atoms with Crippen LogP contribution in [0.5, 0.6) is 0 Å². The summed E-state index contributed by atoms with van der Waals surface area (Å²) in [6, 6.07) is 30.4. The number of aryl methyl sites for hydroxylation is 6. The quantitative estimate of drug-likeness (QED) is 0.255. The third-order valence-corrected chi connectivity index (χ3v) is 7.58. The Morgan fingerprint density at radius 3 is 1.69 bits per heavy atom. The van der Waals surface area contributed by atoms with Crippen LogP contribution in [-0.2, 0) is 0 Å². The van der Waals surface area contributed by atoms with Gasteiger partial charge >= 0.3 is 0 Å². The van der Waals surface area contributed by atoms with Gasteiger partial charge in [0.25, 0.3) is 0 Å². The SMILES string of the molecule is Cc1cc(C)c(-c2ccc3nc(/N=c4/ccc5cc(-c6c(C)cc(C)cc6C)ccc5[nH]4)ccc3c2)c(C)c1. The standard InChI is InChI=1S/C36H33N3/c1-21-15-23(3)35(24(4)16-21)29-7-11-31-27(19-29)9-13-33(37-31)39-34-14-10-28-20-30(8-12-32(28)38-34)36-25(5)17-22(2)18-26(36)6/h7-20H,1-6H3,(H,37,38,39). The van der Waals surface area contributed by atoms with Crippen molar-refractivity contribution in [2.75, 3.05) is 0 Å². The Kier molecular flexibility index (Phi) is 6.15. The number of nitrogens with zero attached hydrogens (tertiary/aromatic N) is 2. The van der Waals surface area contributed by atoms with Gasteiger partial charge in [-0.3, -0.25) is 0 Å². The predicted molar refractivity (Wildman–Crippen MR) is 165 cm³/mol. The average Bonchev–Trinajstić information content (AvgIpc) is 2.87. The van der Waals surface area contributed by atoms with Crippen LogP contribution in [0.15, 0.2) is 89.9 Å². The van der Waals surface area contributed by atoms with Crippen molar-refractivity contribution >= 4 is 27.6 Å². The summed E-state index contributed by atoms with van der Waals surface area (Å²) in [6.45, 7) is 13.1. The molecule has 0 aliphatic rings. The van der Waals surface area contributed by atoms with E-state index in [2.05, 4.69) is 119 Å². The molecule has 4 aromatic carbocycles. The first-order valence-electron chi connectivity index (χ1n) is 13.5. The van der Waals surface area contributed by atoms with Crippen molar-refractivity contribution in [2.24, 2.45) is 4.99 Å². The van der Waals surface area contributed by atoms with Crippen molar-refractivity contribution in [2.45, 2.75) is 41.5 Å². The first-order chi connectivity index (χ1) is 18.7. The maximum absolute atomic E-state index is 4.84. The monoisotopic (exact) mass is 507 g/mol. The van der Waals surface area contributed by atoms with Crippen molar-refractivity contribution in [1.29, 1.82) is 0 Å². The molecule has 0 atom stereocenters. The van der Waals surface area contributed by atoms with Gasteiger partial charge in [0.1, 0.15) is 5.49 Å². The second-order valence-electron chi connectivity index (χ2n) is 10.9. The van der Waals surface area contributed by atoms with Crippen molar-refractivity contribution in [3.63, 3.8) is 0 Å². The van der Waals surface area contributed by atoms with E-state index in [1.807, 2.05) is 12.1 Å². The van der Waals surface area contributed by atoms with Crippen molar-refractivity contribution in [3.05, 3.63) is 124 Å². The number of hydrogen-bond donors (Lipinski definition) is 1. The summed E-state index contributed by atoms with van der Waals surface area (Å²) in [5, 5.41) is 2.27. The highest BCUT2D eigenvalue weighted by Gasteiger charge is 2.10. The molecule has 3 heteroatoms. The second-order valence-corrected chi connectivity index (χ2v) is 10.9. The van der Waals surface area contributed by atoms with Gasteiger partial charge in [0, 0.05) is 10.9 Å². The first-order valence-corrected chi connectivity index (χ1v) is 13.5. The number of nitrogens with one attached hydrogen (secondary N) is 1. The van der Waals surface area contributed by atoms with E-state index in [1.165, 1.54) is 55.6 Å². The summed E-state index contributed by atoms with van der Waals surface area (Å²) < 4.78 is 0. The summed E-state index contributed by atoms with van der Waals surface area (Å²) in [5.74, 6) is 0.691. The number of aromatic amines is 1. The maximum atomic E-state index is 4.84. The Morgan fingerprint density at radius 1 is 0.538 bits per heavy atom. The molecular weight excluding hydrogens is 474 g/mol. The zero-order chi connectivity index (χ0) is 27.3. The molecule has 0 aliphatic carbocycles. The van der Waals surface area contributed by atoms with E-state index in [1.54, 1.807) is 0 Å². The Hall–Kier alpha value is -4.50. The van der Waals surface area contributed by atoms with Crippen LogP contribution in [0, 0.1) is 41.5 Å². The lowest BCUT2D eigenvalue weighted by Crippen LogP contribution is -2.05. The molecule has 0 amide bonds. The van der Waals surface area contributed by atoms with Crippen LogP contribution in [0.2, 0.25) is 0 Å². The fourth-order valence-electron chi connectivity index (χ4n) is 6.11. The van der Waals surface area contributed by atoms with Crippen molar-refractivity contribution in [1.82, 2.24) is 9.97 Å². The molecule has 0 unspecified atom stereocenters. The van der Waals surface area contributed by atoms with E-state index in [-0.39, 0.29) is 0 Å². The summed E-state index contributed by atoms with van der Waals surface area (Å²) in [7, 11) is 0. The van der Waals surface area contributed by atoms with Crippen LogP contribution < -0.4 is 5.49 Å². The average molecular weight is 508 g/mol. The van der Waals surface area contributed by atoms with Crippen molar-refractivity contribution in [3.8, 4) is 22.3 Å². The molecule has 0 radical (unpaired) electrons. The predicted octanol–water partition coefficient (Wildman–Crippen LogP) is 9.13. The van der Waals surface area contributed by atoms with Crippen LogP contribution in [0.1, 0.15) is 33.4 Å². The number of benzene rings is 4. The van der Waals surface area contributed by atoms with Crippen LogP contribution in [0.4, 0.5) is 5.82 Å². The molecule has 0 aliphatic heterocycles. The molecular formula is C36H33N3. The van der Waals surface area contributed by atoms with Crippen LogP contribution in [0.3, 0.4) is 0 Å². The largest absolute Gasteiger partial charge is 0.340 e. The summed E-state index contributed by atoms with van der Waals surface area (Å²) in [5.41, 5.74) is 15.7. The number of hydrogen-bond acceptors (Lipinski definition) is 2. The van der Waals surface area contributed by atoms with Gasteiger partial charge in [0.05, 0.1) is 5.52 Å². The third-order valence-electron chi connectivity index (χ3n) is 7.58. The zero-order valence-electron chi connectivity index (χ0n) is 23.5. The molecule has 39 heavy (non-hydrogen) atoms. The molecule has 6 aromatic rings. The molecule has 0 saturated carbocycles. The van der Waals surface area contributed by atoms with Crippen LogP contribution in [0.25, 0.3) is 44.1 Å². The third kappa shape index (κ3) is 4.77. The van der Waals surface area contributed by atoms with E-state index in [9.17, 15) is 0 Å². The molecule has 0 fully saturated rings. The van der Waals surface area contributed by atoms with Gasteiger partial charge in [-0.05, 0) is 140 Å². The molecule has 0 saturated heterocycles. The number of pyridine rings is 2. The van der Waals surface area contributed by atoms with Gasteiger partial charge in [-0.2, -0.15) is 0 Å². The van der Waals surface area contributed by atoms with Gasteiger partial charge < -0.3 is 4.98 Å². The number of rotatable bonds is 3. The molecule has 2 heterocycles. The Morgan fingerprint density at radius 2 is 1.08 bits per heavy atom. The minimum atomic E-state index is 0.691. The molecule has 2 aromatic heterocycles. The highest BCUT2D eigenvalue weighted by atomic mass is 14.9. The second kappa shape index (κ2) is 9.67. The number of aromatic nitrogens is 2. The molecule has 0 spiro atoms. The Bertz CT molecular complexity index is 1930. The van der Waals surface area contributed by atoms with Gasteiger partial charge in [-0.15, -0.1) is 0 Å². The van der Waals surface area contributed by atoms with E-state index < -0.39 is 0 Å². The van der Waals surface area contributed by atoms with E-state index >= 15 is 0 Å². The Balaban J connectivity index is 1.34. The van der Waals surface area contributed by atoms with E-state index in [4.69, 9.17) is 9.98 Å². The lowest BCUT2D eigenvalue weighted by atomic mass is 9.93. The fraction of sp³-hybridized carbons (Fsp3) is 0.167. The van der Waals surface area contributed by atoms with E-state index in [0.717, 1.165) is 27.3 Å². The number of fused-ring (bicyclic) bond motifs is 2. The molecule has 0 bridgehead atoms. The molecule has 6 rings (SSSR count). The first kappa shape index (κ1) is 24.8. The lowest BCUT2D eigenvalue weighted by Gasteiger charge is -2.12. The highest BCUT2D eigenvalue weighted by Crippen LogP contribution is 2.32. The normalized spacial score (nSPS) is 12.0.